The number of nitrogens with one attached hydrogen (secondary N) is 1. The van der Waals surface area contributed by atoms with Crippen LogP contribution in [0.25, 0.3) is 0 Å². The van der Waals surface area contributed by atoms with E-state index >= 15 is 0 Å². The first kappa shape index (κ1) is 11.1. The first-order valence-electron chi connectivity index (χ1n) is 4.46. The van der Waals surface area contributed by atoms with Crippen LogP contribution in [0.3, 0.4) is 0 Å². The van der Waals surface area contributed by atoms with Crippen molar-refractivity contribution in [3.63, 3.8) is 0 Å². The van der Waals surface area contributed by atoms with Gasteiger partial charge in [-0.05, 0) is 17.7 Å². The minimum atomic E-state index is -0.319. The Morgan fingerprint density at radius 3 is 2.21 bits per heavy atom. The molecule has 1 aromatic carbocycles. The fourth-order valence-electron chi connectivity index (χ4n) is 1.05. The molecule has 78 valence electrons. The van der Waals surface area contributed by atoms with Crippen LogP contribution in [0.5, 0.6) is 0 Å². The van der Waals surface area contributed by atoms with Crippen LogP contribution < -0.4 is 5.32 Å². The van der Waals surface area contributed by atoms with Gasteiger partial charge in [0.25, 0.3) is 0 Å². The van der Waals surface area contributed by atoms with Gasteiger partial charge in [0.2, 0.25) is 0 Å². The Balaban J connectivity index is 2.41. The summed E-state index contributed by atoms with van der Waals surface area (Å²) in [7, 11) is 0. The van der Waals surface area contributed by atoms with Crippen molar-refractivity contribution in [3.05, 3.63) is 35.6 Å². The molecule has 0 aromatic heterocycles. The number of aliphatic hydroxyl groups excluding tert-OH is 2. The van der Waals surface area contributed by atoms with Crippen LogP contribution in [0, 0.1) is 5.82 Å². The van der Waals surface area contributed by atoms with Crippen LogP contribution in [-0.2, 0) is 6.54 Å². The molecule has 0 fully saturated rings. The van der Waals surface area contributed by atoms with Gasteiger partial charge in [-0.3, -0.25) is 0 Å². The molecule has 0 radical (unpaired) electrons. The van der Waals surface area contributed by atoms with Crippen molar-refractivity contribution in [2.45, 2.75) is 12.6 Å². The first-order chi connectivity index (χ1) is 6.76. The van der Waals surface area contributed by atoms with Crippen LogP contribution >= 0.6 is 0 Å². The van der Waals surface area contributed by atoms with Crippen LogP contribution in [-0.4, -0.2) is 29.5 Å². The lowest BCUT2D eigenvalue weighted by molar-refractivity contribution is 0.170. The van der Waals surface area contributed by atoms with Gasteiger partial charge in [-0.1, -0.05) is 12.1 Å². The van der Waals surface area contributed by atoms with Crippen molar-refractivity contribution in [2.24, 2.45) is 0 Å². The molecule has 0 bridgehead atoms. The number of benzene rings is 1. The van der Waals surface area contributed by atoms with E-state index < -0.39 is 0 Å². The Kier molecular flexibility index (Phi) is 4.52. The minimum absolute atomic E-state index is 0.113. The number of rotatable bonds is 5. The molecule has 3 N–H and O–H groups in total. The number of hydrogen-bond acceptors (Lipinski definition) is 3. The number of halogens is 1. The van der Waals surface area contributed by atoms with E-state index in [0.29, 0.717) is 6.54 Å². The van der Waals surface area contributed by atoms with Gasteiger partial charge in [0.15, 0.2) is 0 Å². The van der Waals surface area contributed by atoms with Crippen LogP contribution in [0.1, 0.15) is 5.56 Å². The van der Waals surface area contributed by atoms with E-state index in [4.69, 9.17) is 10.2 Å². The fourth-order valence-corrected chi connectivity index (χ4v) is 1.05. The second-order valence-corrected chi connectivity index (χ2v) is 3.07. The maximum atomic E-state index is 12.5. The van der Waals surface area contributed by atoms with Gasteiger partial charge in [0, 0.05) is 6.54 Å². The molecule has 0 aliphatic rings. The molecular formula is C10H14FNO2. The van der Waals surface area contributed by atoms with Gasteiger partial charge < -0.3 is 15.5 Å². The SMILES string of the molecule is OCC(CO)NCc1ccc(F)cc1. The second kappa shape index (κ2) is 5.70. The predicted molar refractivity (Wildman–Crippen MR) is 51.2 cm³/mol. The first-order valence-corrected chi connectivity index (χ1v) is 4.46. The molecule has 0 atom stereocenters. The zero-order valence-corrected chi connectivity index (χ0v) is 7.78. The lowest BCUT2D eigenvalue weighted by atomic mass is 10.2. The summed E-state index contributed by atoms with van der Waals surface area (Å²) >= 11 is 0. The topological polar surface area (TPSA) is 52.5 Å². The van der Waals surface area contributed by atoms with Gasteiger partial charge in [-0.25, -0.2) is 4.39 Å². The number of hydrogen-bond donors (Lipinski definition) is 3. The molecule has 1 rings (SSSR count). The maximum Gasteiger partial charge on any atom is 0.123 e. The standard InChI is InChI=1S/C10H14FNO2/c11-9-3-1-8(2-4-9)5-12-10(6-13)7-14/h1-4,10,12-14H,5-7H2. The molecular weight excluding hydrogens is 185 g/mol. The van der Waals surface area contributed by atoms with Gasteiger partial charge in [-0.15, -0.1) is 0 Å². The molecule has 4 heteroatoms. The van der Waals surface area contributed by atoms with Crippen molar-refractivity contribution in [1.29, 1.82) is 0 Å². The van der Waals surface area contributed by atoms with Gasteiger partial charge in [0.05, 0.1) is 19.3 Å². The van der Waals surface area contributed by atoms with Crippen molar-refractivity contribution in [1.82, 2.24) is 5.32 Å². The molecule has 0 aliphatic heterocycles. The van der Waals surface area contributed by atoms with E-state index in [1.165, 1.54) is 12.1 Å². The Hall–Kier alpha value is -0.970. The van der Waals surface area contributed by atoms with Crippen LogP contribution in [0.4, 0.5) is 4.39 Å². The van der Waals surface area contributed by atoms with E-state index in [2.05, 4.69) is 5.32 Å². The van der Waals surface area contributed by atoms with E-state index in [1.54, 1.807) is 12.1 Å². The van der Waals surface area contributed by atoms with E-state index in [-0.39, 0.29) is 25.1 Å². The van der Waals surface area contributed by atoms with E-state index in [0.717, 1.165) is 5.56 Å². The molecule has 0 aliphatic carbocycles. The zero-order valence-electron chi connectivity index (χ0n) is 7.78. The summed E-state index contributed by atoms with van der Waals surface area (Å²) < 4.78 is 12.5. The highest BCUT2D eigenvalue weighted by Gasteiger charge is 2.03. The summed E-state index contributed by atoms with van der Waals surface area (Å²) in [6, 6.07) is 5.76. The lowest BCUT2D eigenvalue weighted by Crippen LogP contribution is -2.35. The zero-order chi connectivity index (χ0) is 10.4. The molecule has 0 saturated carbocycles. The highest BCUT2D eigenvalue weighted by molar-refractivity contribution is 5.15. The monoisotopic (exact) mass is 199 g/mol. The predicted octanol–water partition coefficient (Wildman–Crippen LogP) is 0.268. The lowest BCUT2D eigenvalue weighted by Gasteiger charge is -2.12. The second-order valence-electron chi connectivity index (χ2n) is 3.07. The third-order valence-electron chi connectivity index (χ3n) is 1.95. The van der Waals surface area contributed by atoms with Crippen molar-refractivity contribution < 1.29 is 14.6 Å². The van der Waals surface area contributed by atoms with E-state index in [1.807, 2.05) is 0 Å². The van der Waals surface area contributed by atoms with Crippen LogP contribution in [0.2, 0.25) is 0 Å². The summed E-state index contributed by atoms with van der Waals surface area (Å²) in [5, 5.41) is 20.5. The third kappa shape index (κ3) is 3.41. The maximum absolute atomic E-state index is 12.5. The summed E-state index contributed by atoms with van der Waals surface area (Å²) in [6.45, 7) is 0.279. The summed E-state index contributed by atoms with van der Waals surface area (Å²) in [5.74, 6) is -0.269. The Morgan fingerprint density at radius 1 is 1.14 bits per heavy atom. The third-order valence-corrected chi connectivity index (χ3v) is 1.95. The quantitative estimate of drug-likeness (QED) is 0.638. The summed E-state index contributed by atoms with van der Waals surface area (Å²) in [4.78, 5) is 0. The average molecular weight is 199 g/mol. The highest BCUT2D eigenvalue weighted by atomic mass is 19.1. The smallest absolute Gasteiger partial charge is 0.123 e. The van der Waals surface area contributed by atoms with Crippen molar-refractivity contribution >= 4 is 0 Å². The van der Waals surface area contributed by atoms with Crippen molar-refractivity contribution in [3.8, 4) is 0 Å². The largest absolute Gasteiger partial charge is 0.395 e. The number of aliphatic hydroxyl groups is 2. The molecule has 0 heterocycles. The van der Waals surface area contributed by atoms with Gasteiger partial charge in [0.1, 0.15) is 5.82 Å². The molecule has 14 heavy (non-hydrogen) atoms. The van der Waals surface area contributed by atoms with E-state index in [9.17, 15) is 4.39 Å². The normalized spacial score (nSPS) is 10.9. The molecule has 1 aromatic rings. The van der Waals surface area contributed by atoms with Crippen molar-refractivity contribution in [2.75, 3.05) is 13.2 Å². The van der Waals surface area contributed by atoms with Gasteiger partial charge >= 0.3 is 0 Å². The summed E-state index contributed by atoms with van der Waals surface area (Å²) in [5.41, 5.74) is 0.915. The summed E-state index contributed by atoms with van der Waals surface area (Å²) in [6.07, 6.45) is 0. The molecule has 3 nitrogen and oxygen atoms in total. The molecule has 0 amide bonds. The average Bonchev–Trinajstić information content (AvgIpc) is 2.22. The fraction of sp³-hybridized carbons (Fsp3) is 0.400. The van der Waals surface area contributed by atoms with Gasteiger partial charge in [-0.2, -0.15) is 0 Å². The Bertz CT molecular complexity index is 259. The molecule has 0 unspecified atom stereocenters. The minimum Gasteiger partial charge on any atom is -0.395 e. The molecule has 0 spiro atoms. The molecule has 0 saturated heterocycles. The van der Waals surface area contributed by atoms with Crippen LogP contribution in [0.15, 0.2) is 24.3 Å². The highest BCUT2D eigenvalue weighted by Crippen LogP contribution is 2.02. The Labute approximate surface area is 82.2 Å². The Morgan fingerprint density at radius 2 is 1.71 bits per heavy atom.